The second-order valence-electron chi connectivity index (χ2n) is 0.986. The first-order valence-electron chi connectivity index (χ1n) is 1.88. The maximum absolute atomic E-state index is 9.86. The summed E-state index contributed by atoms with van der Waals surface area (Å²) in [6, 6.07) is 0. The Morgan fingerprint density at radius 1 is 0.714 bits per heavy atom. The van der Waals surface area contributed by atoms with Crippen molar-refractivity contribution >= 4 is 18.5 Å². The Hall–Kier alpha value is 2.99. The topological polar surface area (TPSA) is 110 Å². The van der Waals surface area contributed by atoms with E-state index in [0.717, 1.165) is 0 Å². The van der Waals surface area contributed by atoms with Crippen molar-refractivity contribution in [3.05, 3.63) is 0 Å². The van der Waals surface area contributed by atoms with Gasteiger partial charge in [-0.15, -0.1) is 0 Å². The van der Waals surface area contributed by atoms with E-state index >= 15 is 0 Å². The molecule has 0 aromatic carbocycles. The molecule has 7 nitrogen and oxygen atoms in total. The first kappa shape index (κ1) is 30.2. The number of carboxylic acid groups (broad SMARTS) is 2. The second kappa shape index (κ2) is 18.4. The zero-order chi connectivity index (χ0) is 8.15. The molecule has 0 bridgehead atoms. The van der Waals surface area contributed by atoms with Gasteiger partial charge in [-0.1, -0.05) is 0 Å². The molecule has 11 heteroatoms. The van der Waals surface area contributed by atoms with Crippen LogP contribution in [0.1, 0.15) is 0 Å². The number of rotatable bonds is 0. The fourth-order valence-electron chi connectivity index (χ4n) is 0.163. The molecule has 0 saturated carbocycles. The zero-order valence-electron chi connectivity index (χ0n) is 6.75. The normalized spacial score (nSPS) is 5.71. The average molecular weight is 706 g/mol. The van der Waals surface area contributed by atoms with E-state index in [1.165, 1.54) is 0 Å². The van der Waals surface area contributed by atoms with Crippen LogP contribution in [-0.4, -0.2) is 28.7 Å². The van der Waals surface area contributed by atoms with Gasteiger partial charge in [0.05, 0.1) is 0 Å². The molecule has 0 spiro atoms. The molecule has 0 saturated heterocycles. The van der Waals surface area contributed by atoms with Gasteiger partial charge in [0.15, 0.2) is 0 Å². The molecule has 2 N–H and O–H groups in total. The van der Waals surface area contributed by atoms with Crippen LogP contribution in [0, 0.1) is 142 Å². The Labute approximate surface area is 190 Å². The van der Waals surface area contributed by atoms with Gasteiger partial charge in [-0.2, -0.15) is 0 Å². The van der Waals surface area contributed by atoms with Crippen LogP contribution < -0.4 is 0 Å². The summed E-state index contributed by atoms with van der Waals surface area (Å²) < 4.78 is 6.47. The average Bonchev–Trinajstić information content (AvgIpc) is 1.58. The molecule has 0 aliphatic rings. The Balaban J connectivity index is -0.0000000675. The maximum atomic E-state index is 9.86. The number of carbonyl (C=O) groups excluding carboxylic acids is 1. The van der Waals surface area contributed by atoms with Gasteiger partial charge in [0.1, 0.15) is 0 Å². The van der Waals surface area contributed by atoms with Crippen LogP contribution in [0.4, 0.5) is 14.4 Å². The van der Waals surface area contributed by atoms with Crippen LogP contribution in [0.25, 0.3) is 0 Å². The van der Waals surface area contributed by atoms with Crippen molar-refractivity contribution in [1.29, 1.82) is 0 Å². The van der Waals surface area contributed by atoms with Crippen LogP contribution >= 0.6 is 0 Å². The number of hydrogen-bond acceptors (Lipinski definition) is 5. The largest absolute Gasteiger partial charge is 0.528 e. The van der Waals surface area contributed by atoms with Gasteiger partial charge in [0.2, 0.25) is 0 Å². The number of hydrogen-bond donors (Lipinski definition) is 2. The molecule has 4 radical (unpaired) electrons. The first-order valence-corrected chi connectivity index (χ1v) is 1.88. The van der Waals surface area contributed by atoms with Crippen molar-refractivity contribution in [1.82, 2.24) is 0 Å². The van der Waals surface area contributed by atoms with Gasteiger partial charge in [0.25, 0.3) is 0 Å². The molecule has 14 heavy (non-hydrogen) atoms. The van der Waals surface area contributed by atoms with Crippen molar-refractivity contribution in [2.45, 2.75) is 0 Å². The van der Waals surface area contributed by atoms with Crippen molar-refractivity contribution in [3.8, 4) is 0 Å². The van der Waals surface area contributed by atoms with Crippen LogP contribution in [0.2, 0.25) is 0 Å². The smallest absolute Gasteiger partial charge is 0.449 e. The Bertz CT molecular complexity index is 164. The van der Waals surface area contributed by atoms with E-state index in [-0.39, 0.29) is 142 Å². The van der Waals surface area contributed by atoms with Gasteiger partial charge in [0, 0.05) is 142 Å². The van der Waals surface area contributed by atoms with Crippen molar-refractivity contribution in [2.75, 3.05) is 0 Å². The van der Waals surface area contributed by atoms with Crippen LogP contribution in [-0.2, 0) is 9.47 Å². The SMILES string of the molecule is O=C(O)OC(=O)OC(=O)O.[La].[La].[La].[La]. The van der Waals surface area contributed by atoms with Crippen molar-refractivity contribution in [3.63, 3.8) is 0 Å². The molecule has 0 aromatic rings. The minimum Gasteiger partial charge on any atom is -0.449 e. The number of carbonyl (C=O) groups is 3. The van der Waals surface area contributed by atoms with E-state index in [9.17, 15) is 14.4 Å². The van der Waals surface area contributed by atoms with Gasteiger partial charge in [-0.25, -0.2) is 14.4 Å². The summed E-state index contributed by atoms with van der Waals surface area (Å²) in [5, 5.41) is 15.4. The maximum Gasteiger partial charge on any atom is 0.528 e. The quantitative estimate of drug-likeness (QED) is 0.279. The van der Waals surface area contributed by atoms with Crippen molar-refractivity contribution < 1.29 is 176 Å². The molecule has 0 unspecified atom stereocenters. The molecule has 0 amide bonds. The summed E-state index contributed by atoms with van der Waals surface area (Å²) in [6.45, 7) is 0. The summed E-state index contributed by atoms with van der Waals surface area (Å²) in [4.78, 5) is 28.8. The summed E-state index contributed by atoms with van der Waals surface area (Å²) >= 11 is 0. The Morgan fingerprint density at radius 3 is 1.07 bits per heavy atom. The zero-order valence-corrected chi connectivity index (χ0v) is 21.2. The van der Waals surface area contributed by atoms with Gasteiger partial charge < -0.3 is 19.7 Å². The molecule has 0 aliphatic carbocycles. The van der Waals surface area contributed by atoms with Crippen molar-refractivity contribution in [2.24, 2.45) is 0 Å². The Kier molecular flexibility index (Phi) is 39.6. The van der Waals surface area contributed by atoms with Gasteiger partial charge >= 0.3 is 18.5 Å². The molecule has 68 valence electrons. The van der Waals surface area contributed by atoms with Crippen LogP contribution in [0.5, 0.6) is 0 Å². The van der Waals surface area contributed by atoms with E-state index in [0.29, 0.717) is 0 Å². The molecular formula is C3H2La4O7. The summed E-state index contributed by atoms with van der Waals surface area (Å²) in [6.07, 6.45) is -5.64. The number of ether oxygens (including phenoxy) is 2. The van der Waals surface area contributed by atoms with E-state index in [2.05, 4.69) is 9.47 Å². The third-order valence-electron chi connectivity index (χ3n) is 0.341. The predicted molar refractivity (Wildman–Crippen MR) is 23.6 cm³/mol. The molecule has 0 fully saturated rings. The molecule has 0 atom stereocenters. The van der Waals surface area contributed by atoms with E-state index in [1.54, 1.807) is 0 Å². The molecule has 0 aliphatic heterocycles. The standard InChI is InChI=1S/C3H2O7.4La/c4-1(5)9-3(8)10-2(6)7;;;;/h(H,4,5)(H,6,7);;;;. The predicted octanol–water partition coefficient (Wildman–Crippen LogP) is 0.496. The minimum atomic E-state index is -1.92. The fraction of sp³-hybridized carbons (Fsp3) is 0. The summed E-state index contributed by atoms with van der Waals surface area (Å²) in [5.41, 5.74) is 0. The summed E-state index contributed by atoms with van der Waals surface area (Å²) in [7, 11) is 0. The second-order valence-corrected chi connectivity index (χ2v) is 0.986. The molecule has 0 heterocycles. The first-order chi connectivity index (χ1) is 4.52. The monoisotopic (exact) mass is 706 g/mol. The third kappa shape index (κ3) is 24.3. The summed E-state index contributed by atoms with van der Waals surface area (Å²) in [5.74, 6) is 0. The Morgan fingerprint density at radius 2 is 0.929 bits per heavy atom. The molecular weight excluding hydrogens is 704 g/mol. The third-order valence-corrected chi connectivity index (χ3v) is 0.341. The molecule has 0 aromatic heterocycles. The van der Waals surface area contributed by atoms with Crippen LogP contribution in [0.3, 0.4) is 0 Å². The van der Waals surface area contributed by atoms with E-state index in [4.69, 9.17) is 10.2 Å². The minimum absolute atomic E-state index is 0. The van der Waals surface area contributed by atoms with E-state index in [1.807, 2.05) is 0 Å². The molecule has 0 rings (SSSR count). The van der Waals surface area contributed by atoms with Gasteiger partial charge in [-0.05, 0) is 0 Å². The fourth-order valence-corrected chi connectivity index (χ4v) is 0.163. The van der Waals surface area contributed by atoms with Crippen LogP contribution in [0.15, 0.2) is 0 Å². The van der Waals surface area contributed by atoms with E-state index < -0.39 is 18.5 Å². The van der Waals surface area contributed by atoms with Gasteiger partial charge in [-0.3, -0.25) is 0 Å².